The molecule has 0 spiro atoms. The Balaban J connectivity index is 0.000000309. The van der Waals surface area contributed by atoms with Crippen LogP contribution < -0.4 is 4.44 Å². The minimum atomic E-state index is -2.94. The van der Waals surface area contributed by atoms with E-state index in [4.69, 9.17) is 40.2 Å². The molecule has 0 aliphatic heterocycles. The molecule has 0 amide bonds. The van der Waals surface area contributed by atoms with Gasteiger partial charge in [-0.05, 0) is 15.4 Å². The average Bonchev–Trinajstić information content (AvgIpc) is 2.97. The molecular formula is C13H10AlCl4N2PS. The van der Waals surface area contributed by atoms with Crippen molar-refractivity contribution in [3.8, 4) is 16.3 Å². The number of halogens is 4. The number of hydrogen-bond donors (Lipinski definition) is 0. The first-order chi connectivity index (χ1) is 10.4. The molecule has 3 aromatic rings. The van der Waals surface area contributed by atoms with Gasteiger partial charge in [-0.2, -0.15) is 0 Å². The van der Waals surface area contributed by atoms with Crippen LogP contribution in [0, 0.1) is 0 Å². The molecule has 0 aliphatic rings. The molecule has 114 valence electrons. The number of aromatic nitrogens is 2. The van der Waals surface area contributed by atoms with E-state index in [9.17, 15) is 0 Å². The van der Waals surface area contributed by atoms with Crippen molar-refractivity contribution in [2.75, 3.05) is 0 Å². The van der Waals surface area contributed by atoms with Gasteiger partial charge in [-0.15, -0.1) is 0 Å². The van der Waals surface area contributed by atoms with Crippen LogP contribution in [0.2, 0.25) is 0 Å². The van der Waals surface area contributed by atoms with Crippen LogP contribution >= 0.6 is 58.7 Å². The van der Waals surface area contributed by atoms with Gasteiger partial charge in [0, 0.05) is 22.8 Å². The van der Waals surface area contributed by atoms with Crippen molar-refractivity contribution in [1.29, 1.82) is 0 Å². The number of hydrogen-bond acceptors (Lipinski definition) is 2. The van der Waals surface area contributed by atoms with Gasteiger partial charge in [0.2, 0.25) is 10.7 Å². The fraction of sp³-hybridized carbons (Fsp3) is 0. The second-order valence-corrected chi connectivity index (χ2v) is 19.1. The van der Waals surface area contributed by atoms with E-state index in [0.717, 1.165) is 18.2 Å². The smallest absolute Gasteiger partial charge is 0.391 e. The van der Waals surface area contributed by atoms with E-state index in [0.29, 0.717) is 0 Å². The monoisotopic (exact) mass is 424 g/mol. The number of rotatable bonds is 2. The maximum absolute atomic E-state index is 4.99. The summed E-state index contributed by atoms with van der Waals surface area (Å²) in [6, 6.07) is 20.5. The normalized spacial score (nSPS) is 11.1. The van der Waals surface area contributed by atoms with Crippen LogP contribution in [0.4, 0.5) is 0 Å². The molecule has 0 aliphatic carbocycles. The van der Waals surface area contributed by atoms with Crippen molar-refractivity contribution < 1.29 is 4.44 Å². The summed E-state index contributed by atoms with van der Waals surface area (Å²) in [4.78, 5) is 0. The van der Waals surface area contributed by atoms with Gasteiger partial charge in [0.15, 0.2) is 0 Å². The Morgan fingerprint density at radius 2 is 1.36 bits per heavy atom. The van der Waals surface area contributed by atoms with Crippen LogP contribution in [0.3, 0.4) is 0 Å². The molecule has 0 atom stereocenters. The zero-order chi connectivity index (χ0) is 16.0. The van der Waals surface area contributed by atoms with Crippen molar-refractivity contribution in [2.24, 2.45) is 0 Å². The molecule has 2 aromatic carbocycles. The van der Waals surface area contributed by atoms with Crippen LogP contribution in [0.1, 0.15) is 0 Å². The molecule has 3 rings (SSSR count). The molecule has 0 radical (unpaired) electrons. The predicted molar refractivity (Wildman–Crippen MR) is 101 cm³/mol. The zero-order valence-corrected chi connectivity index (χ0v) is 17.0. The molecule has 0 bridgehead atoms. The van der Waals surface area contributed by atoms with Crippen LogP contribution in [0.5, 0.6) is 0 Å². The first kappa shape index (κ1) is 18.5. The van der Waals surface area contributed by atoms with Crippen molar-refractivity contribution in [3.63, 3.8) is 0 Å². The summed E-state index contributed by atoms with van der Waals surface area (Å²) < 4.78 is 2.01. The first-order valence-electron chi connectivity index (χ1n) is 6.18. The Labute approximate surface area is 153 Å². The Bertz CT molecular complexity index is 647. The summed E-state index contributed by atoms with van der Waals surface area (Å²) in [6.07, 6.45) is 0. The Hall–Kier alpha value is 0.122. The van der Waals surface area contributed by atoms with E-state index in [1.807, 2.05) is 40.8 Å². The van der Waals surface area contributed by atoms with Crippen molar-refractivity contribution >= 4 is 68.1 Å². The fourth-order valence-electron chi connectivity index (χ4n) is 1.56. The summed E-state index contributed by atoms with van der Waals surface area (Å²) in [5.74, 6) is 0. The summed E-state index contributed by atoms with van der Waals surface area (Å²) in [5.41, 5.74) is 2.32. The maximum atomic E-state index is 4.99. The lowest BCUT2D eigenvalue weighted by molar-refractivity contribution is -0.584. The van der Waals surface area contributed by atoms with E-state index >= 15 is 0 Å². The van der Waals surface area contributed by atoms with Crippen molar-refractivity contribution in [2.45, 2.75) is 0 Å². The summed E-state index contributed by atoms with van der Waals surface area (Å²) >= 11 is 0. The van der Waals surface area contributed by atoms with E-state index in [1.165, 1.54) is 5.56 Å². The van der Waals surface area contributed by atoms with Gasteiger partial charge in [-0.1, -0.05) is 48.5 Å². The third-order valence-electron chi connectivity index (χ3n) is 2.40. The van der Waals surface area contributed by atoms with E-state index in [1.54, 1.807) is 10.9 Å². The third-order valence-corrected chi connectivity index (χ3v) is 4.67. The number of nitrogens with zero attached hydrogens (tertiary/aromatic N) is 2. The van der Waals surface area contributed by atoms with Gasteiger partial charge in [0.05, 0.1) is 0 Å². The quantitative estimate of drug-likeness (QED) is 0.457. The topological polar surface area (TPSA) is 16.8 Å². The van der Waals surface area contributed by atoms with E-state index in [-0.39, 0.29) is 0 Å². The van der Waals surface area contributed by atoms with Gasteiger partial charge in [0.25, 0.3) is 0 Å². The molecule has 0 N–H and O–H groups in total. The second-order valence-electron chi connectivity index (χ2n) is 4.06. The van der Waals surface area contributed by atoms with E-state index < -0.39 is 9.39 Å². The van der Waals surface area contributed by atoms with Gasteiger partial charge in [-0.25, -0.2) is 0 Å². The highest BCUT2D eigenvalue weighted by molar-refractivity contribution is 7.81. The van der Waals surface area contributed by atoms with Crippen LogP contribution in [0.25, 0.3) is 16.3 Å². The molecule has 0 saturated heterocycles. The molecule has 0 unspecified atom stereocenters. The highest BCUT2D eigenvalue weighted by Gasteiger charge is 2.15. The Kier molecular flexibility index (Phi) is 7.41. The standard InChI is InChI=1S/C13H10N2PS.Al.4ClH/c1-3-7-11(8-4-1)13-14-15(16-17-13)12-9-5-2-6-10-12;;;;;/h1-10H;;4*1H/q+1;+3;;;;/p-4. The van der Waals surface area contributed by atoms with Gasteiger partial charge in [-0.3, -0.25) is 0 Å². The lowest BCUT2D eigenvalue weighted by atomic mass is 10.2. The van der Waals surface area contributed by atoms with Gasteiger partial charge >= 0.3 is 16.9 Å². The molecule has 0 saturated carbocycles. The molecule has 9 heteroatoms. The van der Waals surface area contributed by atoms with Crippen LogP contribution in [-0.2, 0) is 0 Å². The molecule has 2 nitrogen and oxygen atoms in total. The molecule has 1 aromatic heterocycles. The summed E-state index contributed by atoms with van der Waals surface area (Å²) in [6.45, 7) is 0. The highest BCUT2D eigenvalue weighted by atomic mass is 35.9. The summed E-state index contributed by atoms with van der Waals surface area (Å²) in [7, 11) is 19.9. The minimum Gasteiger partial charge on any atom is -0.391 e. The second kappa shape index (κ2) is 8.83. The zero-order valence-electron chi connectivity index (χ0n) is 11.1. The third kappa shape index (κ3) is 6.71. The Morgan fingerprint density at radius 3 is 1.91 bits per heavy atom. The number of para-hydroxylation sites is 1. The number of benzene rings is 2. The van der Waals surface area contributed by atoms with Gasteiger partial charge < -0.3 is 40.2 Å². The summed E-state index contributed by atoms with van der Waals surface area (Å²) in [5, 5.41) is 5.71. The largest absolute Gasteiger partial charge is 0.564 e. The maximum Gasteiger partial charge on any atom is 0.564 e. The molecule has 22 heavy (non-hydrogen) atoms. The fourth-order valence-corrected chi connectivity index (χ4v) is 3.77. The predicted octanol–water partition coefficient (Wildman–Crippen LogP) is 6.04. The molecule has 0 fully saturated rings. The SMILES string of the molecule is [Cl][Al-]([Cl])([Cl])[Cl].c1ccc(-c2n[n+](-c3ccccc3)ps2)cc1. The molecular weight excluding hydrogens is 416 g/mol. The van der Waals surface area contributed by atoms with E-state index in [2.05, 4.69) is 29.4 Å². The van der Waals surface area contributed by atoms with Crippen LogP contribution in [-0.4, -0.2) is 14.5 Å². The van der Waals surface area contributed by atoms with Crippen molar-refractivity contribution in [3.05, 3.63) is 60.7 Å². The lowest BCUT2D eigenvalue weighted by Crippen LogP contribution is -2.27. The first-order valence-corrected chi connectivity index (χ1v) is 15.4. The van der Waals surface area contributed by atoms with Crippen LogP contribution in [0.15, 0.2) is 60.7 Å². The molecule has 1 heterocycles. The Morgan fingerprint density at radius 1 is 0.864 bits per heavy atom. The average molecular weight is 426 g/mol. The highest BCUT2D eigenvalue weighted by Crippen LogP contribution is 2.25. The minimum absolute atomic E-state index is 1.08. The lowest BCUT2D eigenvalue weighted by Gasteiger charge is -1.97. The van der Waals surface area contributed by atoms with Gasteiger partial charge in [0.1, 0.15) is 0 Å². The van der Waals surface area contributed by atoms with Crippen molar-refractivity contribution in [1.82, 2.24) is 5.10 Å².